The number of halogens is 1. The summed E-state index contributed by atoms with van der Waals surface area (Å²) in [6, 6.07) is 5.43. The number of nitrogens with zero attached hydrogens (tertiary/aromatic N) is 2. The van der Waals surface area contributed by atoms with Crippen LogP contribution in [0.1, 0.15) is 46.0 Å². The molecular weight excluding hydrogens is 470 g/mol. The van der Waals surface area contributed by atoms with Gasteiger partial charge in [-0.1, -0.05) is 47.5 Å². The standard InChI is InChI=1S/C21H28BrN3O4S/c1-3-5-6-12-25-20(28)16-13-15(22)9-10-17(16)24-21(25)30-14-18(26)23-11-7-8-19(27)29-4-2/h9-10,13H,3-8,11-12,14H2,1-2H3,(H,23,26). The van der Waals surface area contributed by atoms with E-state index < -0.39 is 0 Å². The van der Waals surface area contributed by atoms with Crippen LogP contribution in [0.15, 0.2) is 32.6 Å². The predicted octanol–water partition coefficient (Wildman–Crippen LogP) is 3.90. The fourth-order valence-corrected chi connectivity index (χ4v) is 4.09. The summed E-state index contributed by atoms with van der Waals surface area (Å²) in [6.07, 6.45) is 3.76. The summed E-state index contributed by atoms with van der Waals surface area (Å²) in [7, 11) is 0. The third kappa shape index (κ3) is 7.43. The average Bonchev–Trinajstić information content (AvgIpc) is 2.72. The first-order valence-electron chi connectivity index (χ1n) is 10.2. The summed E-state index contributed by atoms with van der Waals surface area (Å²) in [6.45, 7) is 5.21. The van der Waals surface area contributed by atoms with Crippen molar-refractivity contribution in [1.29, 1.82) is 0 Å². The first kappa shape index (κ1) is 24.4. The molecule has 1 aromatic heterocycles. The van der Waals surface area contributed by atoms with Crippen LogP contribution in [0.25, 0.3) is 10.9 Å². The summed E-state index contributed by atoms with van der Waals surface area (Å²) >= 11 is 4.66. The van der Waals surface area contributed by atoms with Crippen LogP contribution in [0.5, 0.6) is 0 Å². The molecule has 9 heteroatoms. The highest BCUT2D eigenvalue weighted by molar-refractivity contribution is 9.10. The monoisotopic (exact) mass is 497 g/mol. The van der Waals surface area contributed by atoms with Gasteiger partial charge in [0.25, 0.3) is 5.56 Å². The Morgan fingerprint density at radius 2 is 2.03 bits per heavy atom. The van der Waals surface area contributed by atoms with Crippen molar-refractivity contribution in [3.8, 4) is 0 Å². The molecule has 0 aliphatic carbocycles. The number of amides is 1. The Kier molecular flexibility index (Phi) is 10.4. The Morgan fingerprint density at radius 1 is 1.23 bits per heavy atom. The summed E-state index contributed by atoms with van der Waals surface area (Å²) in [4.78, 5) is 41.1. The maximum absolute atomic E-state index is 13.0. The molecule has 0 saturated carbocycles. The van der Waals surface area contributed by atoms with Crippen LogP contribution < -0.4 is 10.9 Å². The second-order valence-electron chi connectivity index (χ2n) is 6.77. The van der Waals surface area contributed by atoms with Gasteiger partial charge >= 0.3 is 5.97 Å². The Morgan fingerprint density at radius 3 is 2.77 bits per heavy atom. The Labute approximate surface area is 189 Å². The number of nitrogens with one attached hydrogen (secondary N) is 1. The van der Waals surface area contributed by atoms with E-state index in [0.717, 1.165) is 23.7 Å². The number of rotatable bonds is 12. The van der Waals surface area contributed by atoms with Crippen LogP contribution in [-0.2, 0) is 20.9 Å². The molecule has 0 fully saturated rings. The van der Waals surface area contributed by atoms with Crippen molar-refractivity contribution in [2.24, 2.45) is 0 Å². The van der Waals surface area contributed by atoms with E-state index in [9.17, 15) is 14.4 Å². The molecule has 1 aromatic carbocycles. The maximum atomic E-state index is 13.0. The average molecular weight is 498 g/mol. The van der Waals surface area contributed by atoms with Gasteiger partial charge in [-0.05, 0) is 38.0 Å². The molecule has 1 heterocycles. The number of thioether (sulfide) groups is 1. The number of hydrogen-bond acceptors (Lipinski definition) is 6. The summed E-state index contributed by atoms with van der Waals surface area (Å²) in [5, 5.41) is 3.90. The second-order valence-corrected chi connectivity index (χ2v) is 8.63. The van der Waals surface area contributed by atoms with E-state index in [1.807, 2.05) is 6.07 Å². The summed E-state index contributed by atoms with van der Waals surface area (Å²) in [5.74, 6) is -0.264. The number of carbonyl (C=O) groups is 2. The molecule has 0 unspecified atom stereocenters. The zero-order valence-electron chi connectivity index (χ0n) is 17.4. The second kappa shape index (κ2) is 12.7. The highest BCUT2D eigenvalue weighted by Gasteiger charge is 2.14. The van der Waals surface area contributed by atoms with Crippen molar-refractivity contribution >= 4 is 50.5 Å². The minimum Gasteiger partial charge on any atom is -0.466 e. The fraction of sp³-hybridized carbons (Fsp3) is 0.524. The van der Waals surface area contributed by atoms with E-state index in [0.29, 0.717) is 42.2 Å². The van der Waals surface area contributed by atoms with Crippen molar-refractivity contribution in [1.82, 2.24) is 14.9 Å². The molecule has 7 nitrogen and oxygen atoms in total. The molecule has 2 rings (SSSR count). The van der Waals surface area contributed by atoms with Gasteiger partial charge in [0.15, 0.2) is 5.16 Å². The van der Waals surface area contributed by atoms with E-state index in [1.54, 1.807) is 23.6 Å². The molecule has 0 saturated heterocycles. The fourth-order valence-electron chi connectivity index (χ4n) is 2.87. The van der Waals surface area contributed by atoms with Gasteiger partial charge in [0.05, 0.1) is 23.3 Å². The van der Waals surface area contributed by atoms with Gasteiger partial charge in [0.1, 0.15) is 0 Å². The number of benzene rings is 1. The minimum absolute atomic E-state index is 0.0882. The van der Waals surface area contributed by atoms with E-state index in [2.05, 4.69) is 33.2 Å². The molecule has 0 aliphatic heterocycles. The summed E-state index contributed by atoms with van der Waals surface area (Å²) in [5.41, 5.74) is 0.530. The van der Waals surface area contributed by atoms with Crippen molar-refractivity contribution in [2.75, 3.05) is 18.9 Å². The lowest BCUT2D eigenvalue weighted by Gasteiger charge is -2.13. The lowest BCUT2D eigenvalue weighted by Crippen LogP contribution is -2.28. The first-order valence-corrected chi connectivity index (χ1v) is 12.0. The molecule has 0 radical (unpaired) electrons. The van der Waals surface area contributed by atoms with Gasteiger partial charge in [0.2, 0.25) is 5.91 Å². The number of hydrogen-bond donors (Lipinski definition) is 1. The largest absolute Gasteiger partial charge is 0.466 e. The number of unbranched alkanes of at least 4 members (excludes halogenated alkanes) is 2. The molecule has 164 valence electrons. The number of aromatic nitrogens is 2. The molecule has 0 atom stereocenters. The molecule has 2 aromatic rings. The molecule has 30 heavy (non-hydrogen) atoms. The number of esters is 1. The van der Waals surface area contributed by atoms with Crippen LogP contribution in [0, 0.1) is 0 Å². The predicted molar refractivity (Wildman–Crippen MR) is 123 cm³/mol. The van der Waals surface area contributed by atoms with Crippen LogP contribution in [-0.4, -0.2) is 40.3 Å². The van der Waals surface area contributed by atoms with Gasteiger partial charge < -0.3 is 10.1 Å². The van der Waals surface area contributed by atoms with Crippen molar-refractivity contribution in [2.45, 2.75) is 57.7 Å². The van der Waals surface area contributed by atoms with Crippen molar-refractivity contribution in [3.05, 3.63) is 33.0 Å². The Balaban J connectivity index is 2.03. The van der Waals surface area contributed by atoms with E-state index in [-0.39, 0.29) is 29.6 Å². The highest BCUT2D eigenvalue weighted by Crippen LogP contribution is 2.21. The van der Waals surface area contributed by atoms with Crippen LogP contribution in [0.3, 0.4) is 0 Å². The third-order valence-electron chi connectivity index (χ3n) is 4.38. The highest BCUT2D eigenvalue weighted by atomic mass is 79.9. The van der Waals surface area contributed by atoms with Gasteiger partial charge in [-0.15, -0.1) is 0 Å². The molecule has 0 spiro atoms. The topological polar surface area (TPSA) is 90.3 Å². The Hall–Kier alpha value is -1.87. The third-order valence-corrected chi connectivity index (χ3v) is 5.85. The number of fused-ring (bicyclic) bond motifs is 1. The van der Waals surface area contributed by atoms with Crippen LogP contribution in [0.2, 0.25) is 0 Å². The quantitative estimate of drug-likeness (QED) is 0.207. The maximum Gasteiger partial charge on any atom is 0.305 e. The Bertz CT molecular complexity index is 932. The SMILES string of the molecule is CCCCCn1c(SCC(=O)NCCCC(=O)OCC)nc2ccc(Br)cc2c1=O. The van der Waals surface area contributed by atoms with Crippen molar-refractivity contribution in [3.63, 3.8) is 0 Å². The van der Waals surface area contributed by atoms with Gasteiger partial charge in [0, 0.05) is 24.0 Å². The van der Waals surface area contributed by atoms with Crippen molar-refractivity contribution < 1.29 is 14.3 Å². The van der Waals surface area contributed by atoms with E-state index >= 15 is 0 Å². The molecule has 1 amide bonds. The first-order chi connectivity index (χ1) is 14.5. The number of carbonyl (C=O) groups excluding carboxylic acids is 2. The van der Waals surface area contributed by atoms with Gasteiger partial charge in [-0.25, -0.2) is 4.98 Å². The molecule has 0 aliphatic rings. The molecule has 0 bridgehead atoms. The zero-order valence-corrected chi connectivity index (χ0v) is 19.8. The van der Waals surface area contributed by atoms with Crippen LogP contribution >= 0.6 is 27.7 Å². The minimum atomic E-state index is -0.260. The zero-order chi connectivity index (χ0) is 21.9. The molecule has 1 N–H and O–H groups in total. The van der Waals surface area contributed by atoms with Gasteiger partial charge in [-0.3, -0.25) is 19.0 Å². The lowest BCUT2D eigenvalue weighted by molar-refractivity contribution is -0.143. The smallest absolute Gasteiger partial charge is 0.305 e. The van der Waals surface area contributed by atoms with Gasteiger partial charge in [-0.2, -0.15) is 0 Å². The van der Waals surface area contributed by atoms with E-state index in [1.165, 1.54) is 11.8 Å². The number of ether oxygens (including phenoxy) is 1. The summed E-state index contributed by atoms with van der Waals surface area (Å²) < 4.78 is 7.36. The van der Waals surface area contributed by atoms with E-state index in [4.69, 9.17) is 4.74 Å². The van der Waals surface area contributed by atoms with Crippen LogP contribution in [0.4, 0.5) is 0 Å². The molecular formula is C21H28BrN3O4S. The lowest BCUT2D eigenvalue weighted by atomic mass is 10.2. The normalized spacial score (nSPS) is 10.9.